The van der Waals surface area contributed by atoms with Crippen LogP contribution in [0.4, 0.5) is 11.4 Å². The normalized spacial score (nSPS) is 11.5. The van der Waals surface area contributed by atoms with Gasteiger partial charge in [0.25, 0.3) is 11.5 Å². The van der Waals surface area contributed by atoms with Gasteiger partial charge in [0.1, 0.15) is 9.71 Å². The van der Waals surface area contributed by atoms with E-state index in [-0.39, 0.29) is 18.1 Å². The second-order valence-electron chi connectivity index (χ2n) is 7.85. The van der Waals surface area contributed by atoms with Crippen molar-refractivity contribution in [2.75, 3.05) is 11.9 Å². The van der Waals surface area contributed by atoms with Crippen LogP contribution in [0.1, 0.15) is 23.5 Å². The van der Waals surface area contributed by atoms with E-state index in [0.717, 1.165) is 16.8 Å². The third kappa shape index (κ3) is 4.23. The molecular weight excluding hydrogens is 410 g/mol. The third-order valence-corrected chi connectivity index (χ3v) is 6.04. The van der Waals surface area contributed by atoms with Crippen molar-refractivity contribution in [3.05, 3.63) is 88.0 Å². The molecule has 2 heterocycles. The number of aliphatic hydroxyl groups excluding tert-OH is 1. The highest BCUT2D eigenvalue weighted by atomic mass is 32.1. The molecule has 0 saturated heterocycles. The lowest BCUT2D eigenvalue weighted by Crippen LogP contribution is -2.46. The largest absolute Gasteiger partial charge is 0.394 e. The smallest absolute Gasteiger partial charge is 0.264 e. The number of para-hydroxylation sites is 2. The number of benzene rings is 2. The predicted molar refractivity (Wildman–Crippen MR) is 126 cm³/mol. The number of amides is 1. The van der Waals surface area contributed by atoms with Gasteiger partial charge in [0.15, 0.2) is 0 Å². The number of thiophene rings is 1. The number of carbonyl (C=O) groups excluding carboxylic acids is 1. The monoisotopic (exact) mass is 433 g/mol. The predicted octanol–water partition coefficient (Wildman–Crippen LogP) is 4.30. The molecule has 2 aromatic carbocycles. The van der Waals surface area contributed by atoms with Crippen LogP contribution in [0.2, 0.25) is 0 Å². The summed E-state index contributed by atoms with van der Waals surface area (Å²) in [4.78, 5) is 27.1. The van der Waals surface area contributed by atoms with Crippen molar-refractivity contribution in [3.63, 3.8) is 0 Å². The third-order valence-electron chi connectivity index (χ3n) is 4.85. The number of pyridine rings is 1. The first kappa shape index (κ1) is 20.8. The van der Waals surface area contributed by atoms with Crippen LogP contribution in [0.5, 0.6) is 0 Å². The van der Waals surface area contributed by atoms with Crippen LogP contribution >= 0.6 is 11.3 Å². The quantitative estimate of drug-likeness (QED) is 0.423. The topological polar surface area (TPSA) is 83.4 Å². The minimum atomic E-state index is -0.781. The highest BCUT2D eigenvalue weighted by Gasteiger charge is 2.26. The summed E-state index contributed by atoms with van der Waals surface area (Å²) in [6.07, 6.45) is 0. The number of aliphatic hydroxyl groups is 1. The maximum atomic E-state index is 13.2. The molecule has 0 radical (unpaired) electrons. The molecule has 6 nitrogen and oxygen atoms in total. The standard InChI is InChI=1S/C24H23N3O3S/c1-24(2,15-28)26-22(30)21-20(25-16-9-5-3-6-10-16)18-13-14-19(29)27(23(18)31-21)17-11-7-4-8-12-17/h3-14,25,28H,15H2,1-2H3,(H,26,30). The summed E-state index contributed by atoms with van der Waals surface area (Å²) in [6.45, 7) is 3.31. The molecule has 158 valence electrons. The summed E-state index contributed by atoms with van der Waals surface area (Å²) in [7, 11) is 0. The molecule has 4 rings (SSSR count). The number of anilines is 2. The van der Waals surface area contributed by atoms with Crippen molar-refractivity contribution in [1.82, 2.24) is 9.88 Å². The van der Waals surface area contributed by atoms with Gasteiger partial charge in [-0.15, -0.1) is 11.3 Å². The lowest BCUT2D eigenvalue weighted by atomic mass is 10.1. The zero-order valence-electron chi connectivity index (χ0n) is 17.3. The summed E-state index contributed by atoms with van der Waals surface area (Å²) in [6, 6.07) is 22.2. The fourth-order valence-corrected chi connectivity index (χ4v) is 4.42. The van der Waals surface area contributed by atoms with E-state index in [4.69, 9.17) is 0 Å². The molecule has 0 unspecified atom stereocenters. The van der Waals surface area contributed by atoms with E-state index in [0.29, 0.717) is 15.4 Å². The molecule has 0 aliphatic carbocycles. The Balaban J connectivity index is 1.93. The van der Waals surface area contributed by atoms with Crippen molar-refractivity contribution >= 4 is 38.8 Å². The first-order valence-corrected chi connectivity index (χ1v) is 10.7. The van der Waals surface area contributed by atoms with Gasteiger partial charge in [-0.3, -0.25) is 14.2 Å². The Hall–Kier alpha value is -3.42. The average molecular weight is 434 g/mol. The summed E-state index contributed by atoms with van der Waals surface area (Å²) < 4.78 is 1.62. The van der Waals surface area contributed by atoms with Crippen molar-refractivity contribution in [1.29, 1.82) is 0 Å². The fourth-order valence-electron chi connectivity index (χ4n) is 3.26. The summed E-state index contributed by atoms with van der Waals surface area (Å²) in [5.74, 6) is -0.314. The Kier molecular flexibility index (Phi) is 5.63. The Morgan fingerprint density at radius 2 is 1.65 bits per heavy atom. The lowest BCUT2D eigenvalue weighted by Gasteiger charge is -2.23. The van der Waals surface area contributed by atoms with E-state index in [1.807, 2.05) is 60.7 Å². The molecule has 0 aliphatic heterocycles. The molecule has 1 amide bonds. The Bertz CT molecular complexity index is 1280. The number of rotatable bonds is 6. The van der Waals surface area contributed by atoms with Gasteiger partial charge in [-0.1, -0.05) is 36.4 Å². The molecular formula is C24H23N3O3S. The minimum Gasteiger partial charge on any atom is -0.394 e. The van der Waals surface area contributed by atoms with Crippen LogP contribution < -0.4 is 16.2 Å². The van der Waals surface area contributed by atoms with Gasteiger partial charge in [0, 0.05) is 17.1 Å². The molecule has 0 aliphatic rings. The molecule has 3 N–H and O–H groups in total. The van der Waals surface area contributed by atoms with Gasteiger partial charge >= 0.3 is 0 Å². The highest BCUT2D eigenvalue weighted by molar-refractivity contribution is 7.21. The molecule has 0 atom stereocenters. The zero-order chi connectivity index (χ0) is 22.0. The maximum Gasteiger partial charge on any atom is 0.264 e. The SMILES string of the molecule is CC(C)(CO)NC(=O)c1sc2c(ccc(=O)n2-c2ccccc2)c1Nc1ccccc1. The number of fused-ring (bicyclic) bond motifs is 1. The molecule has 7 heteroatoms. The van der Waals surface area contributed by atoms with Crippen LogP contribution in [0.25, 0.3) is 15.9 Å². The van der Waals surface area contributed by atoms with Gasteiger partial charge in [-0.25, -0.2) is 0 Å². The van der Waals surface area contributed by atoms with Crippen LogP contribution in [-0.2, 0) is 0 Å². The van der Waals surface area contributed by atoms with E-state index in [2.05, 4.69) is 10.6 Å². The van der Waals surface area contributed by atoms with E-state index >= 15 is 0 Å². The molecule has 0 bridgehead atoms. The van der Waals surface area contributed by atoms with E-state index in [1.54, 1.807) is 24.5 Å². The molecule has 0 saturated carbocycles. The van der Waals surface area contributed by atoms with Crippen LogP contribution in [0.3, 0.4) is 0 Å². The van der Waals surface area contributed by atoms with Crippen molar-refractivity contribution in [2.45, 2.75) is 19.4 Å². The van der Waals surface area contributed by atoms with Crippen LogP contribution in [0, 0.1) is 0 Å². The molecule has 0 fully saturated rings. The van der Waals surface area contributed by atoms with E-state index in [9.17, 15) is 14.7 Å². The highest BCUT2D eigenvalue weighted by Crippen LogP contribution is 2.38. The Morgan fingerprint density at radius 3 is 2.29 bits per heavy atom. The molecule has 0 spiro atoms. The average Bonchev–Trinajstić information content (AvgIpc) is 3.13. The summed E-state index contributed by atoms with van der Waals surface area (Å²) >= 11 is 1.24. The number of hydrogen-bond acceptors (Lipinski definition) is 5. The Labute approximate surface area is 183 Å². The van der Waals surface area contributed by atoms with E-state index < -0.39 is 5.54 Å². The van der Waals surface area contributed by atoms with E-state index in [1.165, 1.54) is 17.4 Å². The second-order valence-corrected chi connectivity index (χ2v) is 8.85. The molecule has 31 heavy (non-hydrogen) atoms. The minimum absolute atomic E-state index is 0.172. The van der Waals surface area contributed by atoms with Crippen molar-refractivity contribution < 1.29 is 9.90 Å². The summed E-state index contributed by atoms with van der Waals surface area (Å²) in [5, 5.41) is 16.6. The van der Waals surface area contributed by atoms with Gasteiger partial charge in [-0.05, 0) is 44.2 Å². The van der Waals surface area contributed by atoms with Crippen molar-refractivity contribution in [3.8, 4) is 5.69 Å². The second kappa shape index (κ2) is 8.37. The Morgan fingerprint density at radius 1 is 1.00 bits per heavy atom. The number of nitrogens with zero attached hydrogens (tertiary/aromatic N) is 1. The zero-order valence-corrected chi connectivity index (χ0v) is 18.1. The van der Waals surface area contributed by atoms with Crippen LogP contribution in [-0.4, -0.2) is 27.7 Å². The maximum absolute atomic E-state index is 13.2. The molecule has 4 aromatic rings. The fraction of sp³-hybridized carbons (Fsp3) is 0.167. The summed E-state index contributed by atoms with van der Waals surface area (Å²) in [5.41, 5.74) is 1.23. The number of carbonyl (C=O) groups is 1. The van der Waals surface area contributed by atoms with Gasteiger partial charge in [0.05, 0.1) is 23.5 Å². The first-order chi connectivity index (χ1) is 14.9. The number of hydrogen-bond donors (Lipinski definition) is 3. The van der Waals surface area contributed by atoms with Gasteiger partial charge in [0.2, 0.25) is 0 Å². The van der Waals surface area contributed by atoms with Crippen LogP contribution in [0.15, 0.2) is 77.6 Å². The molecule has 2 aromatic heterocycles. The first-order valence-electron chi connectivity index (χ1n) is 9.89. The van der Waals surface area contributed by atoms with Gasteiger partial charge < -0.3 is 15.7 Å². The number of aromatic nitrogens is 1. The van der Waals surface area contributed by atoms with Crippen molar-refractivity contribution in [2.24, 2.45) is 0 Å². The number of nitrogens with one attached hydrogen (secondary N) is 2. The lowest BCUT2D eigenvalue weighted by molar-refractivity contribution is 0.0874. The van der Waals surface area contributed by atoms with Gasteiger partial charge in [-0.2, -0.15) is 0 Å².